The lowest BCUT2D eigenvalue weighted by atomic mass is 9.34. The highest BCUT2D eigenvalue weighted by atomic mass is 16.5. The van der Waals surface area contributed by atoms with Gasteiger partial charge in [-0.2, -0.15) is 5.10 Å². The van der Waals surface area contributed by atoms with E-state index in [1.54, 1.807) is 4.68 Å². The van der Waals surface area contributed by atoms with Gasteiger partial charge in [0, 0.05) is 16.4 Å². The molecule has 0 radical (unpaired) electrons. The van der Waals surface area contributed by atoms with Crippen LogP contribution in [0.5, 0.6) is 0 Å². The SMILES string of the molecule is CC(C)[C@@H](C)[C@@]1(C)CC[C@]2(C)[C@H]3CC[C@H]4C5(C)COC[C@@]4(C[C@@H](n4ncnc4C(N)=O)[C@@H]5OC[C@](C)(N)C(C)C)C3=CC[C@@]2(C)[C@@H]1C(=O)O. The number of nitrogens with zero attached hydrogens (tertiary/aromatic N) is 3. The molecule has 274 valence electrons. The third-order valence-electron chi connectivity index (χ3n) is 16.1. The first-order valence-electron chi connectivity index (χ1n) is 18.8. The second-order valence-electron chi connectivity index (χ2n) is 18.9. The number of amides is 1. The Kier molecular flexibility index (Phi) is 8.84. The fraction of sp³-hybridized carbons (Fsp3) is 0.846. The van der Waals surface area contributed by atoms with Gasteiger partial charge in [-0.05, 0) is 91.3 Å². The minimum absolute atomic E-state index is 0.134. The molecule has 3 saturated carbocycles. The molecular formula is C39H63N5O5. The van der Waals surface area contributed by atoms with Crippen LogP contribution in [-0.4, -0.2) is 63.2 Å². The van der Waals surface area contributed by atoms with Crippen LogP contribution in [0, 0.1) is 62.6 Å². The van der Waals surface area contributed by atoms with E-state index in [2.05, 4.69) is 78.5 Å². The number of nitrogens with two attached hydrogens (primary N) is 2. The van der Waals surface area contributed by atoms with E-state index in [0.29, 0.717) is 32.2 Å². The quantitative estimate of drug-likeness (QED) is 0.258. The second kappa shape index (κ2) is 11.9. The molecule has 1 aromatic rings. The van der Waals surface area contributed by atoms with Crippen LogP contribution in [0.2, 0.25) is 0 Å². The van der Waals surface area contributed by atoms with Gasteiger partial charge in [0.25, 0.3) is 5.91 Å². The molecule has 10 nitrogen and oxygen atoms in total. The van der Waals surface area contributed by atoms with Crippen LogP contribution < -0.4 is 11.5 Å². The van der Waals surface area contributed by atoms with Crippen LogP contribution in [0.15, 0.2) is 18.0 Å². The van der Waals surface area contributed by atoms with Crippen LogP contribution in [0.25, 0.3) is 0 Å². The average Bonchev–Trinajstić information content (AvgIpc) is 3.50. The standard InChI is InChI=1S/C39H63N5O5/c1-22(2)24(5)34(6)15-16-36(8)25-11-12-28-35(7)18-48-20-39(28,26(25)13-14-37(36,9)29(34)33(46)47)17-27(44-32(31(40)45)42-21-43-44)30(35)49-19-38(10,41)23(3)4/h13,21-25,27-30H,11-12,14-20,41H2,1-10H3,(H2,40,45)(H,46,47)/t24-,25+,27-,28+,29-,30+,34-,35?,36-,37+,38+,39+/m1/s1. The minimum Gasteiger partial charge on any atom is -0.481 e. The molecule has 0 aromatic carbocycles. The van der Waals surface area contributed by atoms with Crippen molar-refractivity contribution in [2.75, 3.05) is 19.8 Å². The summed E-state index contributed by atoms with van der Waals surface area (Å²) >= 11 is 0. The van der Waals surface area contributed by atoms with Gasteiger partial charge in [-0.1, -0.05) is 74.0 Å². The zero-order chi connectivity index (χ0) is 36.1. The van der Waals surface area contributed by atoms with Gasteiger partial charge in [0.15, 0.2) is 0 Å². The molecule has 5 aliphatic rings. The first kappa shape index (κ1) is 36.5. The molecule has 49 heavy (non-hydrogen) atoms. The number of hydrogen-bond acceptors (Lipinski definition) is 7. The molecule has 2 heterocycles. The number of aromatic nitrogens is 3. The molecule has 1 amide bonds. The van der Waals surface area contributed by atoms with Crippen molar-refractivity contribution in [3.8, 4) is 0 Å². The number of aliphatic carboxylic acids is 1. The normalized spacial score (nSPS) is 43.5. The fourth-order valence-electron chi connectivity index (χ4n) is 12.2. The molecule has 12 atom stereocenters. The van der Waals surface area contributed by atoms with E-state index in [9.17, 15) is 14.7 Å². The third kappa shape index (κ3) is 5.03. The van der Waals surface area contributed by atoms with Gasteiger partial charge in [0.1, 0.15) is 6.33 Å². The molecule has 4 fully saturated rings. The Morgan fingerprint density at radius 1 is 1.10 bits per heavy atom. The summed E-state index contributed by atoms with van der Waals surface area (Å²) in [6, 6.07) is -0.313. The van der Waals surface area contributed by atoms with E-state index in [1.165, 1.54) is 11.9 Å². The largest absolute Gasteiger partial charge is 0.481 e. The van der Waals surface area contributed by atoms with Gasteiger partial charge < -0.3 is 26.0 Å². The Morgan fingerprint density at radius 2 is 1.80 bits per heavy atom. The van der Waals surface area contributed by atoms with E-state index >= 15 is 0 Å². The van der Waals surface area contributed by atoms with Crippen LogP contribution in [-0.2, 0) is 14.3 Å². The highest BCUT2D eigenvalue weighted by Gasteiger charge is 2.72. The van der Waals surface area contributed by atoms with Gasteiger partial charge in [0.2, 0.25) is 5.82 Å². The second-order valence-corrected chi connectivity index (χ2v) is 18.9. The van der Waals surface area contributed by atoms with Crippen molar-refractivity contribution in [2.45, 2.75) is 125 Å². The summed E-state index contributed by atoms with van der Waals surface area (Å²) in [6.45, 7) is 23.7. The monoisotopic (exact) mass is 681 g/mol. The number of carboxylic acids is 1. The Bertz CT molecular complexity index is 1500. The number of fused-ring (bicyclic) bond motifs is 3. The van der Waals surface area contributed by atoms with E-state index in [-0.39, 0.29) is 57.9 Å². The number of hydrogen-bond donors (Lipinski definition) is 3. The zero-order valence-corrected chi connectivity index (χ0v) is 31.7. The summed E-state index contributed by atoms with van der Waals surface area (Å²) in [6.07, 6.45) is 8.82. The van der Waals surface area contributed by atoms with E-state index in [0.717, 1.165) is 32.1 Å². The van der Waals surface area contributed by atoms with E-state index in [4.69, 9.17) is 20.9 Å². The predicted molar refractivity (Wildman–Crippen MR) is 188 cm³/mol. The zero-order valence-electron chi connectivity index (χ0n) is 31.7. The summed E-state index contributed by atoms with van der Waals surface area (Å²) in [7, 11) is 0. The average molecular weight is 682 g/mol. The summed E-state index contributed by atoms with van der Waals surface area (Å²) in [4.78, 5) is 30.4. The van der Waals surface area contributed by atoms with Gasteiger partial charge in [-0.15, -0.1) is 0 Å². The lowest BCUT2D eigenvalue weighted by molar-refractivity contribution is -0.252. The molecular weight excluding hydrogens is 618 g/mol. The first-order chi connectivity index (χ1) is 22.7. The van der Waals surface area contributed by atoms with Crippen LogP contribution >= 0.6 is 0 Å². The summed E-state index contributed by atoms with van der Waals surface area (Å²) < 4.78 is 15.3. The highest BCUT2D eigenvalue weighted by Crippen LogP contribution is 2.75. The van der Waals surface area contributed by atoms with Crippen molar-refractivity contribution in [1.82, 2.24) is 14.8 Å². The molecule has 4 aliphatic carbocycles. The Morgan fingerprint density at radius 3 is 2.41 bits per heavy atom. The molecule has 6 rings (SSSR count). The third-order valence-corrected chi connectivity index (χ3v) is 16.1. The number of allylic oxidation sites excluding steroid dienone is 1. The maximum absolute atomic E-state index is 13.5. The van der Waals surface area contributed by atoms with E-state index < -0.39 is 34.2 Å². The number of rotatable bonds is 9. The molecule has 1 unspecified atom stereocenters. The maximum Gasteiger partial charge on any atom is 0.307 e. The van der Waals surface area contributed by atoms with Crippen molar-refractivity contribution >= 4 is 11.9 Å². The van der Waals surface area contributed by atoms with Crippen LogP contribution in [0.3, 0.4) is 0 Å². The van der Waals surface area contributed by atoms with Crippen molar-refractivity contribution in [1.29, 1.82) is 0 Å². The predicted octanol–water partition coefficient (Wildman–Crippen LogP) is 6.27. The smallest absolute Gasteiger partial charge is 0.307 e. The van der Waals surface area contributed by atoms with E-state index in [1.807, 2.05) is 6.92 Å². The Labute approximate surface area is 293 Å². The topological polar surface area (TPSA) is 156 Å². The lowest BCUT2D eigenvalue weighted by Gasteiger charge is -2.71. The van der Waals surface area contributed by atoms with Crippen LogP contribution in [0.1, 0.15) is 124 Å². The number of ether oxygens (including phenoxy) is 2. The summed E-state index contributed by atoms with van der Waals surface area (Å²) in [5, 5.41) is 15.7. The van der Waals surface area contributed by atoms with Crippen molar-refractivity contribution in [2.24, 2.45) is 74.0 Å². The highest BCUT2D eigenvalue weighted by molar-refractivity contribution is 5.89. The molecule has 1 saturated heterocycles. The first-order valence-corrected chi connectivity index (χ1v) is 18.8. The van der Waals surface area contributed by atoms with Gasteiger partial charge in [0.05, 0.1) is 37.9 Å². The number of carbonyl (C=O) groups excluding carboxylic acids is 1. The molecule has 10 heteroatoms. The Hall–Kier alpha value is -2.30. The molecule has 2 bridgehead atoms. The number of primary amides is 1. The molecule has 5 N–H and O–H groups in total. The molecule has 1 aliphatic heterocycles. The minimum atomic E-state index is -0.656. The van der Waals surface area contributed by atoms with Gasteiger partial charge >= 0.3 is 5.97 Å². The van der Waals surface area contributed by atoms with Gasteiger partial charge in [-0.25, -0.2) is 9.67 Å². The fourth-order valence-corrected chi connectivity index (χ4v) is 12.2. The van der Waals surface area contributed by atoms with Crippen molar-refractivity contribution in [3.63, 3.8) is 0 Å². The lowest BCUT2D eigenvalue weighted by Crippen LogP contribution is -2.69. The molecule has 1 aromatic heterocycles. The Balaban J connectivity index is 1.47. The molecule has 0 spiro atoms. The van der Waals surface area contributed by atoms with Crippen LogP contribution in [0.4, 0.5) is 0 Å². The van der Waals surface area contributed by atoms with Gasteiger partial charge in [-0.3, -0.25) is 9.59 Å². The van der Waals surface area contributed by atoms with Crippen molar-refractivity contribution < 1.29 is 24.2 Å². The summed E-state index contributed by atoms with van der Waals surface area (Å²) in [5.41, 5.74) is 11.9. The van der Waals surface area contributed by atoms with Crippen molar-refractivity contribution in [3.05, 3.63) is 23.8 Å². The number of carboxylic acid groups (broad SMARTS) is 1. The maximum atomic E-state index is 13.5. The number of carbonyl (C=O) groups is 2. The summed E-state index contributed by atoms with van der Waals surface area (Å²) in [5.74, 6) is -0.200.